The first-order valence-electron chi connectivity index (χ1n) is 6.83. The van der Waals surface area contributed by atoms with Crippen LogP contribution in [-0.2, 0) is 14.3 Å². The normalized spacial score (nSPS) is 20.8. The Morgan fingerprint density at radius 1 is 1.26 bits per heavy atom. The van der Waals surface area contributed by atoms with Crippen LogP contribution < -0.4 is 10.6 Å². The summed E-state index contributed by atoms with van der Waals surface area (Å²) < 4.78 is 4.71. The third kappa shape index (κ3) is 3.69. The van der Waals surface area contributed by atoms with Crippen LogP contribution in [-0.4, -0.2) is 37.6 Å². The molecule has 1 amide bonds. The monoisotopic (exact) mass is 270 g/mol. The third-order valence-corrected chi connectivity index (χ3v) is 4.02. The standard InChI is InChI=1S/C14H26N2O3/c1-13(2,10-7-6-8-15-9-10)11(17)16-14(3,4)12(18)19-5/h10,15H,6-9H2,1-5H3,(H,16,17). The number of ether oxygens (including phenoxy) is 1. The van der Waals surface area contributed by atoms with Crippen molar-refractivity contribution in [2.45, 2.75) is 46.1 Å². The van der Waals surface area contributed by atoms with E-state index >= 15 is 0 Å². The highest BCUT2D eigenvalue weighted by atomic mass is 16.5. The first-order chi connectivity index (χ1) is 8.71. The van der Waals surface area contributed by atoms with Gasteiger partial charge in [0.05, 0.1) is 7.11 Å². The molecule has 0 aromatic rings. The van der Waals surface area contributed by atoms with Gasteiger partial charge in [-0.2, -0.15) is 0 Å². The second-order valence-corrected chi connectivity index (χ2v) is 6.34. The molecule has 110 valence electrons. The first kappa shape index (κ1) is 16.0. The minimum absolute atomic E-state index is 0.100. The molecule has 0 radical (unpaired) electrons. The average molecular weight is 270 g/mol. The lowest BCUT2D eigenvalue weighted by molar-refractivity contribution is -0.151. The molecule has 1 aliphatic heterocycles. The van der Waals surface area contributed by atoms with Crippen LogP contribution in [0.25, 0.3) is 0 Å². The van der Waals surface area contributed by atoms with Gasteiger partial charge in [-0.1, -0.05) is 13.8 Å². The van der Waals surface area contributed by atoms with Gasteiger partial charge in [-0.3, -0.25) is 4.79 Å². The quantitative estimate of drug-likeness (QED) is 0.750. The Labute approximate surface area is 115 Å². The Balaban J connectivity index is 2.72. The summed E-state index contributed by atoms with van der Waals surface area (Å²) in [4.78, 5) is 24.1. The summed E-state index contributed by atoms with van der Waals surface area (Å²) in [5, 5.41) is 6.12. The number of esters is 1. The van der Waals surface area contributed by atoms with Gasteiger partial charge in [0.2, 0.25) is 5.91 Å². The summed E-state index contributed by atoms with van der Waals surface area (Å²) in [7, 11) is 1.33. The van der Waals surface area contributed by atoms with Crippen LogP contribution in [0, 0.1) is 11.3 Å². The van der Waals surface area contributed by atoms with E-state index in [-0.39, 0.29) is 11.8 Å². The third-order valence-electron chi connectivity index (χ3n) is 4.02. The van der Waals surface area contributed by atoms with Gasteiger partial charge in [-0.25, -0.2) is 4.79 Å². The molecular weight excluding hydrogens is 244 g/mol. The highest BCUT2D eigenvalue weighted by Crippen LogP contribution is 2.32. The maximum Gasteiger partial charge on any atom is 0.330 e. The van der Waals surface area contributed by atoms with E-state index in [1.807, 2.05) is 13.8 Å². The number of hydrogen-bond acceptors (Lipinski definition) is 4. The fourth-order valence-corrected chi connectivity index (χ4v) is 2.40. The van der Waals surface area contributed by atoms with Gasteiger partial charge in [-0.15, -0.1) is 0 Å². The number of methoxy groups -OCH3 is 1. The second-order valence-electron chi connectivity index (χ2n) is 6.34. The van der Waals surface area contributed by atoms with Crippen LogP contribution in [0.4, 0.5) is 0 Å². The molecule has 1 saturated heterocycles. The lowest BCUT2D eigenvalue weighted by Crippen LogP contribution is -2.56. The summed E-state index contributed by atoms with van der Waals surface area (Å²) in [6.45, 7) is 9.06. The number of carbonyl (C=O) groups excluding carboxylic acids is 2. The van der Waals surface area contributed by atoms with Crippen LogP contribution in [0.3, 0.4) is 0 Å². The van der Waals surface area contributed by atoms with Crippen molar-refractivity contribution in [1.29, 1.82) is 0 Å². The lowest BCUT2D eigenvalue weighted by atomic mass is 9.74. The Morgan fingerprint density at radius 3 is 2.37 bits per heavy atom. The van der Waals surface area contributed by atoms with Crippen molar-refractivity contribution in [3.8, 4) is 0 Å². The zero-order valence-corrected chi connectivity index (χ0v) is 12.6. The number of hydrogen-bond donors (Lipinski definition) is 2. The molecule has 0 aromatic carbocycles. The summed E-state index contributed by atoms with van der Waals surface area (Å²) >= 11 is 0. The van der Waals surface area contributed by atoms with Gasteiger partial charge in [-0.05, 0) is 45.7 Å². The van der Waals surface area contributed by atoms with Crippen molar-refractivity contribution in [2.75, 3.05) is 20.2 Å². The number of nitrogens with one attached hydrogen (secondary N) is 2. The van der Waals surface area contributed by atoms with Crippen molar-refractivity contribution in [1.82, 2.24) is 10.6 Å². The number of carbonyl (C=O) groups is 2. The SMILES string of the molecule is COC(=O)C(C)(C)NC(=O)C(C)(C)C1CCCNC1. The molecule has 19 heavy (non-hydrogen) atoms. The molecule has 1 heterocycles. The molecule has 1 unspecified atom stereocenters. The van der Waals surface area contributed by atoms with Crippen molar-refractivity contribution >= 4 is 11.9 Å². The van der Waals surface area contributed by atoms with Gasteiger partial charge >= 0.3 is 5.97 Å². The summed E-state index contributed by atoms with van der Waals surface area (Å²) in [5.41, 5.74) is -1.50. The highest BCUT2D eigenvalue weighted by Gasteiger charge is 2.41. The molecule has 5 nitrogen and oxygen atoms in total. The van der Waals surface area contributed by atoms with E-state index in [0.717, 1.165) is 25.9 Å². The molecule has 0 bridgehead atoms. The van der Waals surface area contributed by atoms with E-state index in [9.17, 15) is 9.59 Å². The van der Waals surface area contributed by atoms with E-state index < -0.39 is 16.9 Å². The topological polar surface area (TPSA) is 67.4 Å². The van der Waals surface area contributed by atoms with Gasteiger partial charge in [0.15, 0.2) is 0 Å². The van der Waals surface area contributed by atoms with E-state index in [4.69, 9.17) is 4.74 Å². The van der Waals surface area contributed by atoms with Crippen molar-refractivity contribution in [2.24, 2.45) is 11.3 Å². The summed E-state index contributed by atoms with van der Waals surface area (Å²) in [6, 6.07) is 0. The van der Waals surface area contributed by atoms with Crippen molar-refractivity contribution in [3.05, 3.63) is 0 Å². The fourth-order valence-electron chi connectivity index (χ4n) is 2.40. The molecule has 2 N–H and O–H groups in total. The molecule has 5 heteroatoms. The zero-order valence-electron chi connectivity index (χ0n) is 12.6. The lowest BCUT2D eigenvalue weighted by Gasteiger charge is -2.38. The Morgan fingerprint density at radius 2 is 1.89 bits per heavy atom. The van der Waals surface area contributed by atoms with Crippen LogP contribution >= 0.6 is 0 Å². The van der Waals surface area contributed by atoms with Crippen molar-refractivity contribution in [3.63, 3.8) is 0 Å². The second kappa shape index (κ2) is 5.90. The molecule has 0 saturated carbocycles. The highest BCUT2D eigenvalue weighted by molar-refractivity contribution is 5.89. The minimum Gasteiger partial charge on any atom is -0.467 e. The van der Waals surface area contributed by atoms with Crippen LogP contribution in [0.5, 0.6) is 0 Å². The minimum atomic E-state index is -0.995. The maximum atomic E-state index is 12.5. The summed E-state index contributed by atoms with van der Waals surface area (Å²) in [6.07, 6.45) is 2.12. The van der Waals surface area contributed by atoms with Gasteiger partial charge in [0.25, 0.3) is 0 Å². The molecule has 0 spiro atoms. The molecule has 1 fully saturated rings. The molecular formula is C14H26N2O3. The van der Waals surface area contributed by atoms with Crippen LogP contribution in [0.2, 0.25) is 0 Å². The average Bonchev–Trinajstić information content (AvgIpc) is 2.38. The molecule has 1 rings (SSSR count). The Hall–Kier alpha value is -1.10. The number of amides is 1. The number of piperidine rings is 1. The molecule has 1 atom stereocenters. The molecule has 0 aliphatic carbocycles. The van der Waals surface area contributed by atoms with E-state index in [2.05, 4.69) is 10.6 Å². The van der Waals surface area contributed by atoms with E-state index in [0.29, 0.717) is 0 Å². The first-order valence-corrected chi connectivity index (χ1v) is 6.83. The van der Waals surface area contributed by atoms with Gasteiger partial charge < -0.3 is 15.4 Å². The van der Waals surface area contributed by atoms with Crippen LogP contribution in [0.15, 0.2) is 0 Å². The zero-order chi connectivity index (χ0) is 14.7. The van der Waals surface area contributed by atoms with Gasteiger partial charge in [0.1, 0.15) is 5.54 Å². The smallest absolute Gasteiger partial charge is 0.330 e. The predicted octanol–water partition coefficient (Wildman–Crippen LogP) is 1.08. The Kier molecular flexibility index (Phi) is 4.96. The largest absolute Gasteiger partial charge is 0.467 e. The molecule has 0 aromatic heterocycles. The van der Waals surface area contributed by atoms with Gasteiger partial charge in [0, 0.05) is 5.41 Å². The maximum absolute atomic E-state index is 12.5. The fraction of sp³-hybridized carbons (Fsp3) is 0.857. The summed E-state index contributed by atoms with van der Waals surface area (Å²) in [5.74, 6) is -0.246. The Bertz CT molecular complexity index is 345. The van der Waals surface area contributed by atoms with Crippen molar-refractivity contribution < 1.29 is 14.3 Å². The molecule has 1 aliphatic rings. The number of rotatable bonds is 4. The van der Waals surface area contributed by atoms with Crippen LogP contribution in [0.1, 0.15) is 40.5 Å². The predicted molar refractivity (Wildman–Crippen MR) is 73.6 cm³/mol. The van der Waals surface area contributed by atoms with E-state index in [1.54, 1.807) is 13.8 Å². The van der Waals surface area contributed by atoms with E-state index in [1.165, 1.54) is 7.11 Å².